The molecule has 0 spiro atoms. The van der Waals surface area contributed by atoms with E-state index in [-0.39, 0.29) is 29.7 Å². The lowest BCUT2D eigenvalue weighted by Crippen LogP contribution is -2.54. The lowest BCUT2D eigenvalue weighted by Gasteiger charge is -2.36. The Morgan fingerprint density at radius 1 is 1.36 bits per heavy atom. The minimum atomic E-state index is -3.36. The van der Waals surface area contributed by atoms with E-state index < -0.39 is 10.0 Å². The molecule has 2 fully saturated rings. The molecule has 25 heavy (non-hydrogen) atoms. The molecule has 2 heterocycles. The van der Waals surface area contributed by atoms with Gasteiger partial charge in [0.2, 0.25) is 10.0 Å². The number of hydrogen-bond donors (Lipinski definition) is 1. The Labute approximate surface area is 166 Å². The highest BCUT2D eigenvalue weighted by molar-refractivity contribution is 14.0. The number of piperazine rings is 1. The van der Waals surface area contributed by atoms with Gasteiger partial charge in [0, 0.05) is 45.8 Å². The average molecular weight is 483 g/mol. The van der Waals surface area contributed by atoms with E-state index in [1.165, 1.54) is 29.8 Å². The summed E-state index contributed by atoms with van der Waals surface area (Å²) in [6.07, 6.45) is 5.30. The van der Waals surface area contributed by atoms with E-state index in [0.29, 0.717) is 31.9 Å². The van der Waals surface area contributed by atoms with Gasteiger partial charge in [0.25, 0.3) is 0 Å². The lowest BCUT2D eigenvalue weighted by atomic mass is 9.85. The van der Waals surface area contributed by atoms with Crippen LogP contribution in [-0.4, -0.2) is 68.5 Å². The minimum Gasteiger partial charge on any atom is -0.364 e. The molecule has 10 heteroatoms. The number of halogens is 1. The van der Waals surface area contributed by atoms with E-state index in [1.807, 2.05) is 0 Å². The number of guanidine groups is 1. The second-order valence-electron chi connectivity index (χ2n) is 6.36. The number of nitrogens with zero attached hydrogens (tertiary/aromatic N) is 4. The number of aliphatic imine (C=N–C) groups is 1. The summed E-state index contributed by atoms with van der Waals surface area (Å²) >= 11 is 0. The topological polar surface area (TPSA) is 91.0 Å². The van der Waals surface area contributed by atoms with Gasteiger partial charge in [-0.25, -0.2) is 8.42 Å². The van der Waals surface area contributed by atoms with E-state index in [9.17, 15) is 8.42 Å². The molecule has 0 atom stereocenters. The zero-order chi connectivity index (χ0) is 17.0. The van der Waals surface area contributed by atoms with Crippen molar-refractivity contribution in [3.05, 3.63) is 18.0 Å². The van der Waals surface area contributed by atoms with Crippen LogP contribution in [-0.2, 0) is 15.8 Å². The highest BCUT2D eigenvalue weighted by Gasteiger charge is 2.29. The fraction of sp³-hybridized carbons (Fsp3) is 0.733. The predicted octanol–water partition coefficient (Wildman–Crippen LogP) is 1.12. The van der Waals surface area contributed by atoms with Crippen molar-refractivity contribution in [2.45, 2.75) is 25.0 Å². The SMILES string of the molecule is CN=C(NCC1CCC1)N1CCN(S(=O)(=O)Cc2ccon2)CC1.I. The number of nitrogens with one attached hydrogen (secondary N) is 1. The Kier molecular flexibility index (Phi) is 7.50. The summed E-state index contributed by atoms with van der Waals surface area (Å²) in [5.74, 6) is 1.51. The van der Waals surface area contributed by atoms with Gasteiger partial charge >= 0.3 is 0 Å². The predicted molar refractivity (Wildman–Crippen MR) is 106 cm³/mol. The third-order valence-electron chi connectivity index (χ3n) is 4.74. The van der Waals surface area contributed by atoms with Crippen LogP contribution < -0.4 is 5.32 Å². The summed E-state index contributed by atoms with van der Waals surface area (Å²) in [6, 6.07) is 1.58. The lowest BCUT2D eigenvalue weighted by molar-refractivity contribution is 0.254. The maximum absolute atomic E-state index is 12.4. The number of hydrogen-bond acceptors (Lipinski definition) is 5. The van der Waals surface area contributed by atoms with Crippen molar-refractivity contribution < 1.29 is 12.9 Å². The minimum absolute atomic E-state index is 0. The molecule has 1 saturated heterocycles. The molecule has 3 rings (SSSR count). The molecular formula is C15H26IN5O3S. The molecule has 142 valence electrons. The van der Waals surface area contributed by atoms with Gasteiger partial charge in [-0.15, -0.1) is 24.0 Å². The van der Waals surface area contributed by atoms with Crippen molar-refractivity contribution in [3.8, 4) is 0 Å². The molecule has 1 aliphatic carbocycles. The zero-order valence-corrected chi connectivity index (χ0v) is 17.6. The van der Waals surface area contributed by atoms with Crippen molar-refractivity contribution in [2.24, 2.45) is 10.9 Å². The van der Waals surface area contributed by atoms with Crippen LogP contribution in [0.1, 0.15) is 25.0 Å². The molecule has 8 nitrogen and oxygen atoms in total. The van der Waals surface area contributed by atoms with Gasteiger partial charge in [0.05, 0.1) is 5.69 Å². The number of sulfonamides is 1. The molecule has 0 amide bonds. The zero-order valence-electron chi connectivity index (χ0n) is 14.4. The van der Waals surface area contributed by atoms with Crippen molar-refractivity contribution in [3.63, 3.8) is 0 Å². The van der Waals surface area contributed by atoms with Crippen LogP contribution in [0.2, 0.25) is 0 Å². The Morgan fingerprint density at radius 3 is 2.60 bits per heavy atom. The van der Waals surface area contributed by atoms with Gasteiger partial charge in [-0.2, -0.15) is 4.31 Å². The molecule has 1 aliphatic heterocycles. The van der Waals surface area contributed by atoms with Crippen LogP contribution >= 0.6 is 24.0 Å². The Hall–Kier alpha value is -0.880. The van der Waals surface area contributed by atoms with Gasteiger partial charge in [0.1, 0.15) is 12.0 Å². The molecule has 0 radical (unpaired) electrons. The largest absolute Gasteiger partial charge is 0.364 e. The van der Waals surface area contributed by atoms with Crippen molar-refractivity contribution in [1.29, 1.82) is 0 Å². The monoisotopic (exact) mass is 483 g/mol. The fourth-order valence-electron chi connectivity index (χ4n) is 3.03. The second-order valence-corrected chi connectivity index (χ2v) is 8.33. The number of aromatic nitrogens is 1. The van der Waals surface area contributed by atoms with Crippen molar-refractivity contribution in [1.82, 2.24) is 19.7 Å². The standard InChI is InChI=1S/C15H25N5O3S.HI/c1-16-15(17-11-13-3-2-4-13)19-6-8-20(9-7-19)24(21,22)12-14-5-10-23-18-14;/h5,10,13H,2-4,6-9,11-12H2,1H3,(H,16,17);1H. The molecule has 1 saturated carbocycles. The smallest absolute Gasteiger partial charge is 0.220 e. The van der Waals surface area contributed by atoms with E-state index in [2.05, 4.69) is 20.4 Å². The maximum atomic E-state index is 12.4. The molecule has 1 N–H and O–H groups in total. The molecule has 1 aromatic rings. The van der Waals surface area contributed by atoms with Gasteiger partial charge in [-0.3, -0.25) is 4.99 Å². The molecule has 2 aliphatic rings. The first-order chi connectivity index (χ1) is 11.6. The van der Waals surface area contributed by atoms with Gasteiger partial charge in [-0.1, -0.05) is 11.6 Å². The summed E-state index contributed by atoms with van der Waals surface area (Å²) in [5.41, 5.74) is 0.440. The summed E-state index contributed by atoms with van der Waals surface area (Å²) in [6.45, 7) is 3.16. The van der Waals surface area contributed by atoms with E-state index in [1.54, 1.807) is 13.1 Å². The average Bonchev–Trinajstić information content (AvgIpc) is 3.02. The maximum Gasteiger partial charge on any atom is 0.220 e. The van der Waals surface area contributed by atoms with E-state index >= 15 is 0 Å². The first-order valence-corrected chi connectivity index (χ1v) is 10.0. The van der Waals surface area contributed by atoms with Crippen LogP contribution in [0.15, 0.2) is 21.8 Å². The Bertz CT molecular complexity index is 653. The van der Waals surface area contributed by atoms with Crippen LogP contribution in [0.4, 0.5) is 0 Å². The third kappa shape index (κ3) is 5.30. The molecule has 0 aromatic carbocycles. The molecule has 0 bridgehead atoms. The van der Waals surface area contributed by atoms with Crippen LogP contribution in [0.5, 0.6) is 0 Å². The van der Waals surface area contributed by atoms with Crippen LogP contribution in [0, 0.1) is 5.92 Å². The van der Waals surface area contributed by atoms with Gasteiger partial charge in [0.15, 0.2) is 5.96 Å². The van der Waals surface area contributed by atoms with E-state index in [4.69, 9.17) is 4.52 Å². The first-order valence-electron chi connectivity index (χ1n) is 8.41. The quantitative estimate of drug-likeness (QED) is 0.384. The van der Waals surface area contributed by atoms with Crippen LogP contribution in [0.25, 0.3) is 0 Å². The molecule has 1 aromatic heterocycles. The highest BCUT2D eigenvalue weighted by Crippen LogP contribution is 2.25. The Balaban J connectivity index is 0.00000225. The summed E-state index contributed by atoms with van der Waals surface area (Å²) < 4.78 is 31.1. The fourth-order valence-corrected chi connectivity index (χ4v) is 4.46. The summed E-state index contributed by atoms with van der Waals surface area (Å²) in [7, 11) is -1.58. The Morgan fingerprint density at radius 2 is 2.08 bits per heavy atom. The third-order valence-corrected chi connectivity index (χ3v) is 6.55. The summed E-state index contributed by atoms with van der Waals surface area (Å²) in [4.78, 5) is 6.46. The highest BCUT2D eigenvalue weighted by atomic mass is 127. The van der Waals surface area contributed by atoms with Crippen LogP contribution in [0.3, 0.4) is 0 Å². The molecule has 0 unspecified atom stereocenters. The van der Waals surface area contributed by atoms with E-state index in [0.717, 1.165) is 18.4 Å². The first kappa shape index (κ1) is 20.4. The summed E-state index contributed by atoms with van der Waals surface area (Å²) in [5, 5.41) is 7.10. The van der Waals surface area contributed by atoms with Crippen molar-refractivity contribution >= 4 is 40.0 Å². The molecular weight excluding hydrogens is 457 g/mol. The van der Waals surface area contributed by atoms with Gasteiger partial charge in [-0.05, 0) is 18.8 Å². The number of rotatable bonds is 5. The van der Waals surface area contributed by atoms with Crippen molar-refractivity contribution in [2.75, 3.05) is 39.8 Å². The second kappa shape index (κ2) is 9.17. The normalized spacial score (nSPS) is 20.0. The van der Waals surface area contributed by atoms with Gasteiger partial charge < -0.3 is 14.7 Å².